The van der Waals surface area contributed by atoms with E-state index in [1.54, 1.807) is 17.0 Å². The lowest BCUT2D eigenvalue weighted by Gasteiger charge is -2.43. The normalized spacial score (nSPS) is 21.7. The predicted molar refractivity (Wildman–Crippen MR) is 165 cm³/mol. The van der Waals surface area contributed by atoms with Gasteiger partial charge >= 0.3 is 0 Å². The molecule has 230 valence electrons. The molecule has 3 atom stereocenters. The third-order valence-electron chi connectivity index (χ3n) is 8.63. The average Bonchev–Trinajstić information content (AvgIpc) is 3.01. The number of amides is 1. The molecule has 1 unspecified atom stereocenters. The first kappa shape index (κ1) is 29.7. The van der Waals surface area contributed by atoms with E-state index in [-0.39, 0.29) is 18.1 Å². The topological polar surface area (TPSA) is 140 Å². The van der Waals surface area contributed by atoms with Crippen LogP contribution in [0, 0.1) is 11.3 Å². The van der Waals surface area contributed by atoms with Gasteiger partial charge in [0.05, 0.1) is 24.8 Å². The molecule has 12 heteroatoms. The Hall–Kier alpha value is -4.31. The summed E-state index contributed by atoms with van der Waals surface area (Å²) in [4.78, 5) is 32.1. The summed E-state index contributed by atoms with van der Waals surface area (Å²) in [5.41, 5.74) is 3.11. The highest BCUT2D eigenvalue weighted by molar-refractivity contribution is 5.80. The van der Waals surface area contributed by atoms with Crippen LogP contribution in [-0.2, 0) is 9.53 Å². The number of likely N-dealkylation sites (tertiary alicyclic amines) is 1. The average molecular weight is 599 g/mol. The van der Waals surface area contributed by atoms with Crippen LogP contribution in [0.3, 0.4) is 0 Å². The number of nitrogens with zero attached hydrogens (tertiary/aromatic N) is 7. The molecule has 0 saturated carbocycles. The van der Waals surface area contributed by atoms with Crippen LogP contribution in [0.25, 0.3) is 11.4 Å². The third-order valence-corrected chi connectivity index (χ3v) is 8.63. The number of carbonyl (C=O) groups excluding carboxylic acids is 1. The molecule has 2 N–H and O–H groups in total. The number of hydrogen-bond donors (Lipinski definition) is 2. The number of benzene rings is 2. The molecule has 4 heterocycles. The fourth-order valence-corrected chi connectivity index (χ4v) is 6.00. The van der Waals surface area contributed by atoms with E-state index in [9.17, 15) is 15.2 Å². The summed E-state index contributed by atoms with van der Waals surface area (Å²) in [6.45, 7) is 9.73. The summed E-state index contributed by atoms with van der Waals surface area (Å²) >= 11 is 0. The van der Waals surface area contributed by atoms with E-state index in [1.165, 1.54) is 18.9 Å². The Kier molecular flexibility index (Phi) is 8.88. The molecule has 12 nitrogen and oxygen atoms in total. The van der Waals surface area contributed by atoms with E-state index in [0.29, 0.717) is 54.1 Å². The highest BCUT2D eigenvalue weighted by atomic mass is 16.5. The highest BCUT2D eigenvalue weighted by Crippen LogP contribution is 2.29. The molecule has 1 amide bonds. The largest absolute Gasteiger partial charge is 0.489 e. The number of ether oxygens (including phenoxy) is 2. The molecule has 3 aliphatic rings. The smallest absolute Gasteiger partial charge is 0.251 e. The highest BCUT2D eigenvalue weighted by Gasteiger charge is 2.32. The fourth-order valence-electron chi connectivity index (χ4n) is 6.00. The van der Waals surface area contributed by atoms with Crippen molar-refractivity contribution >= 4 is 23.2 Å². The monoisotopic (exact) mass is 598 g/mol. The Bertz CT molecular complexity index is 1500. The molecule has 6 rings (SSSR count). The summed E-state index contributed by atoms with van der Waals surface area (Å²) in [5, 5.41) is 22.8. The molecule has 2 aromatic carbocycles. The maximum atomic E-state index is 12.2. The van der Waals surface area contributed by atoms with Gasteiger partial charge in [0.2, 0.25) is 5.95 Å². The Balaban J connectivity index is 1.07. The van der Waals surface area contributed by atoms with Crippen molar-refractivity contribution in [2.24, 2.45) is 0 Å². The van der Waals surface area contributed by atoms with Gasteiger partial charge in [0.25, 0.3) is 5.91 Å². The first-order valence-corrected chi connectivity index (χ1v) is 15.2. The number of nitrogens with one attached hydrogen (secondary N) is 1. The Labute approximate surface area is 257 Å². The number of anilines is 3. The molecule has 0 radical (unpaired) electrons. The van der Waals surface area contributed by atoms with Crippen LogP contribution in [-0.4, -0.2) is 106 Å². The Morgan fingerprint density at radius 2 is 1.89 bits per heavy atom. The van der Waals surface area contributed by atoms with Gasteiger partial charge in [0, 0.05) is 68.5 Å². The summed E-state index contributed by atoms with van der Waals surface area (Å²) < 4.78 is 11.5. The van der Waals surface area contributed by atoms with Gasteiger partial charge < -0.3 is 29.7 Å². The van der Waals surface area contributed by atoms with Crippen LogP contribution in [0.15, 0.2) is 48.8 Å². The fraction of sp³-hybridized carbons (Fsp3) is 0.469. The van der Waals surface area contributed by atoms with Crippen LogP contribution in [0.4, 0.5) is 17.3 Å². The minimum Gasteiger partial charge on any atom is -0.489 e. The number of piperazine rings is 1. The predicted octanol–water partition coefficient (Wildman–Crippen LogP) is 2.81. The molecule has 0 bridgehead atoms. The van der Waals surface area contributed by atoms with Crippen LogP contribution >= 0.6 is 0 Å². The molecule has 44 heavy (non-hydrogen) atoms. The van der Waals surface area contributed by atoms with Gasteiger partial charge in [0.15, 0.2) is 5.82 Å². The second kappa shape index (κ2) is 13.1. The quantitative estimate of drug-likeness (QED) is 0.396. The van der Waals surface area contributed by atoms with Crippen molar-refractivity contribution in [3.63, 3.8) is 0 Å². The number of aliphatic hydroxyl groups is 1. The minimum atomic E-state index is -1.02. The van der Waals surface area contributed by atoms with Crippen LogP contribution in [0.1, 0.15) is 32.3 Å². The third kappa shape index (κ3) is 6.60. The van der Waals surface area contributed by atoms with Crippen molar-refractivity contribution in [3.8, 4) is 23.2 Å². The Morgan fingerprint density at radius 3 is 2.55 bits per heavy atom. The molecule has 3 aliphatic heterocycles. The molecule has 0 spiro atoms. The summed E-state index contributed by atoms with van der Waals surface area (Å²) in [5.74, 6) is 1.06. The minimum absolute atomic E-state index is 0.0729. The van der Waals surface area contributed by atoms with E-state index >= 15 is 0 Å². The van der Waals surface area contributed by atoms with Gasteiger partial charge in [-0.05, 0) is 56.3 Å². The number of piperidine rings is 1. The van der Waals surface area contributed by atoms with Gasteiger partial charge in [-0.1, -0.05) is 0 Å². The van der Waals surface area contributed by atoms with Crippen molar-refractivity contribution in [2.45, 2.75) is 51.0 Å². The Morgan fingerprint density at radius 1 is 1.11 bits per heavy atom. The van der Waals surface area contributed by atoms with Gasteiger partial charge in [-0.3, -0.25) is 9.69 Å². The molecule has 3 aromatic rings. The number of aromatic nitrogens is 3. The van der Waals surface area contributed by atoms with Gasteiger partial charge in [0.1, 0.15) is 30.4 Å². The van der Waals surface area contributed by atoms with E-state index in [1.807, 2.05) is 25.1 Å². The van der Waals surface area contributed by atoms with E-state index in [0.717, 1.165) is 45.1 Å². The summed E-state index contributed by atoms with van der Waals surface area (Å²) in [6, 6.07) is 16.3. The standard InChI is InChI=1S/C32H38N8O4/c1-21-15-28(9-10-40(21)31(42)22(2)41)44-29-8-3-23(16-24(29)17-33)30-34-20-35-32(37-30)36-25-4-6-26(7-5-25)38-11-13-39(14-12-38)27-18-43-19-27/h3-8,16,20-22,27-28,41H,9-15,18-19H2,1-2H3,(H,34,35,36,37)/t21-,22?,28-/m1/s1. The second-order valence-corrected chi connectivity index (χ2v) is 11.7. The lowest BCUT2D eigenvalue weighted by atomic mass is 9.99. The second-order valence-electron chi connectivity index (χ2n) is 11.7. The van der Waals surface area contributed by atoms with Crippen molar-refractivity contribution in [1.82, 2.24) is 24.8 Å². The number of hydrogen-bond acceptors (Lipinski definition) is 11. The first-order valence-electron chi connectivity index (χ1n) is 15.2. The van der Waals surface area contributed by atoms with Crippen LogP contribution in [0.5, 0.6) is 5.75 Å². The van der Waals surface area contributed by atoms with Gasteiger partial charge in [-0.25, -0.2) is 9.97 Å². The zero-order chi connectivity index (χ0) is 30.6. The number of carbonyl (C=O) groups is 1. The van der Waals surface area contributed by atoms with Gasteiger partial charge in [-0.15, -0.1) is 0 Å². The maximum Gasteiger partial charge on any atom is 0.251 e. The van der Waals surface area contributed by atoms with E-state index < -0.39 is 6.10 Å². The van der Waals surface area contributed by atoms with Crippen molar-refractivity contribution in [2.75, 3.05) is 56.2 Å². The summed E-state index contributed by atoms with van der Waals surface area (Å²) in [6.07, 6.45) is 1.51. The molecule has 1 aromatic heterocycles. The molecular weight excluding hydrogens is 560 g/mol. The van der Waals surface area contributed by atoms with Crippen LogP contribution < -0.4 is 15.0 Å². The van der Waals surface area contributed by atoms with Crippen LogP contribution in [0.2, 0.25) is 0 Å². The number of rotatable bonds is 8. The lowest BCUT2D eigenvalue weighted by Crippen LogP contribution is -2.56. The zero-order valence-electron chi connectivity index (χ0n) is 25.1. The number of aliphatic hydroxyl groups excluding tert-OH is 1. The SMILES string of the molecule is CC(O)C(=O)N1CC[C@@H](Oc2ccc(-c3ncnc(Nc4ccc(N5CCN(C6COC6)CC5)cc4)n3)cc2C#N)C[C@H]1C. The van der Waals surface area contributed by atoms with E-state index in [2.05, 4.69) is 48.3 Å². The van der Waals surface area contributed by atoms with Crippen molar-refractivity contribution < 1.29 is 19.4 Å². The first-order chi connectivity index (χ1) is 21.4. The molecule has 3 saturated heterocycles. The van der Waals surface area contributed by atoms with Gasteiger partial charge in [-0.2, -0.15) is 10.2 Å². The summed E-state index contributed by atoms with van der Waals surface area (Å²) in [7, 11) is 0. The maximum absolute atomic E-state index is 12.2. The lowest BCUT2D eigenvalue weighted by molar-refractivity contribution is -0.143. The number of nitriles is 1. The molecular formula is C32H38N8O4. The van der Waals surface area contributed by atoms with Crippen molar-refractivity contribution in [3.05, 3.63) is 54.4 Å². The van der Waals surface area contributed by atoms with E-state index in [4.69, 9.17) is 9.47 Å². The molecule has 0 aliphatic carbocycles. The van der Waals surface area contributed by atoms with Crippen molar-refractivity contribution in [1.29, 1.82) is 5.26 Å². The zero-order valence-corrected chi connectivity index (χ0v) is 25.1. The molecule has 3 fully saturated rings.